The average Bonchev–Trinajstić information content (AvgIpc) is 3.22. The molecule has 0 saturated carbocycles. The highest BCUT2D eigenvalue weighted by molar-refractivity contribution is 5.96. The van der Waals surface area contributed by atoms with Gasteiger partial charge in [0.2, 0.25) is 5.91 Å². The van der Waals surface area contributed by atoms with Crippen LogP contribution in [0.4, 0.5) is 18.9 Å². The molecule has 27 heavy (non-hydrogen) atoms. The van der Waals surface area contributed by atoms with Gasteiger partial charge in [-0.2, -0.15) is 18.2 Å². The Balaban J connectivity index is 1.69. The quantitative estimate of drug-likeness (QED) is 0.691. The Morgan fingerprint density at radius 2 is 1.93 bits per heavy atom. The smallest absolute Gasteiger partial charge is 0.312 e. The van der Waals surface area contributed by atoms with Crippen molar-refractivity contribution < 1.29 is 18.0 Å². The SMILES string of the molecule is Cc1nc2nc(C(F)(F)F)nn2c(C)c1CC(=O)N1CCc2ccccc21. The second kappa shape index (κ2) is 6.04. The van der Waals surface area contributed by atoms with Crippen LogP contribution in [0.5, 0.6) is 0 Å². The minimum Gasteiger partial charge on any atom is -0.312 e. The van der Waals surface area contributed by atoms with E-state index in [0.717, 1.165) is 22.2 Å². The minimum absolute atomic E-state index is 0.0378. The van der Waals surface area contributed by atoms with Gasteiger partial charge in [-0.05, 0) is 31.9 Å². The fourth-order valence-corrected chi connectivity index (χ4v) is 3.43. The summed E-state index contributed by atoms with van der Waals surface area (Å²) in [6.45, 7) is 3.88. The molecular formula is C18H16F3N5O. The summed E-state index contributed by atoms with van der Waals surface area (Å²) >= 11 is 0. The molecule has 4 rings (SSSR count). The number of para-hydroxylation sites is 1. The van der Waals surface area contributed by atoms with Gasteiger partial charge in [0.25, 0.3) is 11.6 Å². The van der Waals surface area contributed by atoms with Gasteiger partial charge in [0.1, 0.15) is 0 Å². The first kappa shape index (κ1) is 17.4. The number of halogens is 3. The molecule has 0 saturated heterocycles. The molecule has 0 aliphatic carbocycles. The van der Waals surface area contributed by atoms with E-state index in [9.17, 15) is 18.0 Å². The van der Waals surface area contributed by atoms with E-state index in [1.807, 2.05) is 24.3 Å². The Morgan fingerprint density at radius 1 is 1.19 bits per heavy atom. The summed E-state index contributed by atoms with van der Waals surface area (Å²) in [6.07, 6.45) is -3.82. The summed E-state index contributed by atoms with van der Waals surface area (Å²) in [7, 11) is 0. The minimum atomic E-state index is -4.65. The largest absolute Gasteiger partial charge is 0.453 e. The van der Waals surface area contributed by atoms with Crippen molar-refractivity contribution in [1.82, 2.24) is 19.6 Å². The maximum Gasteiger partial charge on any atom is 0.453 e. The van der Waals surface area contributed by atoms with Crippen molar-refractivity contribution in [1.29, 1.82) is 0 Å². The van der Waals surface area contributed by atoms with Crippen LogP contribution >= 0.6 is 0 Å². The number of aryl methyl sites for hydroxylation is 2. The number of hydrogen-bond acceptors (Lipinski definition) is 4. The second-order valence-electron chi connectivity index (χ2n) is 6.51. The number of alkyl halides is 3. The van der Waals surface area contributed by atoms with E-state index in [-0.39, 0.29) is 18.1 Å². The zero-order chi connectivity index (χ0) is 19.3. The van der Waals surface area contributed by atoms with E-state index < -0.39 is 12.0 Å². The van der Waals surface area contributed by atoms with Crippen LogP contribution < -0.4 is 4.90 Å². The van der Waals surface area contributed by atoms with Crippen LogP contribution in [0, 0.1) is 13.8 Å². The molecule has 1 aromatic carbocycles. The topological polar surface area (TPSA) is 63.4 Å². The summed E-state index contributed by atoms with van der Waals surface area (Å²) < 4.78 is 39.7. The molecule has 3 aromatic rings. The predicted octanol–water partition coefficient (Wildman–Crippen LogP) is 2.89. The predicted molar refractivity (Wildman–Crippen MR) is 91.5 cm³/mol. The molecule has 0 unspecified atom stereocenters. The molecule has 2 aromatic heterocycles. The van der Waals surface area contributed by atoms with Crippen LogP contribution in [-0.2, 0) is 23.8 Å². The van der Waals surface area contributed by atoms with Crippen LogP contribution in [-0.4, -0.2) is 32.0 Å². The van der Waals surface area contributed by atoms with Crippen molar-refractivity contribution in [2.24, 2.45) is 0 Å². The first-order valence-corrected chi connectivity index (χ1v) is 8.44. The lowest BCUT2D eigenvalue weighted by atomic mass is 10.1. The Hall–Kier alpha value is -2.97. The highest BCUT2D eigenvalue weighted by Crippen LogP contribution is 2.29. The highest BCUT2D eigenvalue weighted by Gasteiger charge is 2.37. The summed E-state index contributed by atoms with van der Waals surface area (Å²) in [5.41, 5.74) is 3.46. The number of rotatable bonds is 2. The molecule has 0 fully saturated rings. The van der Waals surface area contributed by atoms with Gasteiger partial charge >= 0.3 is 6.18 Å². The molecule has 140 valence electrons. The zero-order valence-corrected chi connectivity index (χ0v) is 14.7. The molecule has 0 bridgehead atoms. The Kier molecular flexibility index (Phi) is 3.90. The number of fused-ring (bicyclic) bond motifs is 2. The number of hydrogen-bond donors (Lipinski definition) is 0. The number of amides is 1. The van der Waals surface area contributed by atoms with Gasteiger partial charge in [-0.25, -0.2) is 9.50 Å². The number of carbonyl (C=O) groups is 1. The van der Waals surface area contributed by atoms with Crippen LogP contribution in [0.15, 0.2) is 24.3 Å². The highest BCUT2D eigenvalue weighted by atomic mass is 19.4. The van der Waals surface area contributed by atoms with Crippen molar-refractivity contribution in [2.45, 2.75) is 32.9 Å². The fourth-order valence-electron chi connectivity index (χ4n) is 3.43. The normalized spacial score (nSPS) is 14.0. The van der Waals surface area contributed by atoms with E-state index in [1.54, 1.807) is 18.7 Å². The molecule has 3 heterocycles. The first-order chi connectivity index (χ1) is 12.8. The Morgan fingerprint density at radius 3 is 2.67 bits per heavy atom. The molecule has 0 radical (unpaired) electrons. The lowest BCUT2D eigenvalue weighted by Gasteiger charge is -2.18. The molecule has 1 amide bonds. The van der Waals surface area contributed by atoms with Gasteiger partial charge < -0.3 is 4.90 Å². The molecule has 0 spiro atoms. The monoisotopic (exact) mass is 375 g/mol. The molecule has 6 nitrogen and oxygen atoms in total. The molecular weight excluding hydrogens is 359 g/mol. The van der Waals surface area contributed by atoms with E-state index in [4.69, 9.17) is 0 Å². The molecule has 9 heteroatoms. The van der Waals surface area contributed by atoms with Gasteiger partial charge in [-0.1, -0.05) is 18.2 Å². The van der Waals surface area contributed by atoms with E-state index in [0.29, 0.717) is 23.5 Å². The van der Waals surface area contributed by atoms with Gasteiger partial charge in [-0.3, -0.25) is 4.79 Å². The molecule has 0 atom stereocenters. The fraction of sp³-hybridized carbons (Fsp3) is 0.333. The maximum absolute atomic E-state index is 12.9. The molecule has 1 aliphatic rings. The summed E-state index contributed by atoms with van der Waals surface area (Å²) in [5.74, 6) is -1.49. The lowest BCUT2D eigenvalue weighted by Crippen LogP contribution is -2.31. The number of nitrogens with zero attached hydrogens (tertiary/aromatic N) is 5. The summed E-state index contributed by atoms with van der Waals surface area (Å²) in [6, 6.07) is 7.69. The van der Waals surface area contributed by atoms with Gasteiger partial charge in [0.15, 0.2) is 0 Å². The summed E-state index contributed by atoms with van der Waals surface area (Å²) in [4.78, 5) is 22.1. The Labute approximate surface area is 152 Å². The van der Waals surface area contributed by atoms with Crippen molar-refractivity contribution in [3.63, 3.8) is 0 Å². The van der Waals surface area contributed by atoms with Crippen LogP contribution in [0.2, 0.25) is 0 Å². The third-order valence-electron chi connectivity index (χ3n) is 4.82. The standard InChI is InChI=1S/C18H16F3N5O/c1-10-13(9-15(27)25-8-7-12-5-3-4-6-14(12)25)11(2)26-17(22-10)23-16(24-26)18(19,20)21/h3-6H,7-9H2,1-2H3. The molecule has 0 N–H and O–H groups in total. The van der Waals surface area contributed by atoms with Crippen molar-refractivity contribution in [2.75, 3.05) is 11.4 Å². The average molecular weight is 375 g/mol. The van der Waals surface area contributed by atoms with Gasteiger partial charge in [0.05, 0.1) is 6.42 Å². The molecule has 1 aliphatic heterocycles. The van der Waals surface area contributed by atoms with E-state index >= 15 is 0 Å². The van der Waals surface area contributed by atoms with Crippen molar-refractivity contribution >= 4 is 17.4 Å². The van der Waals surface area contributed by atoms with Gasteiger partial charge in [0, 0.05) is 29.2 Å². The van der Waals surface area contributed by atoms with Crippen molar-refractivity contribution in [3.8, 4) is 0 Å². The van der Waals surface area contributed by atoms with Crippen LogP contribution in [0.25, 0.3) is 5.78 Å². The third kappa shape index (κ3) is 2.92. The maximum atomic E-state index is 12.9. The number of anilines is 1. The summed E-state index contributed by atoms with van der Waals surface area (Å²) in [5, 5.41) is 3.52. The second-order valence-corrected chi connectivity index (χ2v) is 6.51. The lowest BCUT2D eigenvalue weighted by molar-refractivity contribution is -0.144. The van der Waals surface area contributed by atoms with Crippen LogP contribution in [0.1, 0.15) is 28.3 Å². The third-order valence-corrected chi connectivity index (χ3v) is 4.82. The van der Waals surface area contributed by atoms with Crippen LogP contribution in [0.3, 0.4) is 0 Å². The van der Waals surface area contributed by atoms with Gasteiger partial charge in [-0.15, -0.1) is 5.10 Å². The van der Waals surface area contributed by atoms with Crippen molar-refractivity contribution in [3.05, 3.63) is 52.6 Å². The number of benzene rings is 1. The zero-order valence-electron chi connectivity index (χ0n) is 14.7. The first-order valence-electron chi connectivity index (χ1n) is 8.44. The Bertz CT molecular complexity index is 1060. The van der Waals surface area contributed by atoms with E-state index in [1.165, 1.54) is 0 Å². The van der Waals surface area contributed by atoms with E-state index in [2.05, 4.69) is 15.1 Å². The number of carbonyl (C=O) groups excluding carboxylic acids is 1. The number of aromatic nitrogens is 4.